The van der Waals surface area contributed by atoms with E-state index in [9.17, 15) is 14.9 Å². The lowest BCUT2D eigenvalue weighted by molar-refractivity contribution is -0.126. The summed E-state index contributed by atoms with van der Waals surface area (Å²) < 4.78 is 32.7. The van der Waals surface area contributed by atoms with Crippen LogP contribution in [0.4, 0.5) is 9.18 Å². The quantitative estimate of drug-likeness (QED) is 0.520. The molecule has 2 unspecified atom stereocenters. The van der Waals surface area contributed by atoms with Gasteiger partial charge in [-0.25, -0.2) is 9.18 Å². The van der Waals surface area contributed by atoms with Crippen LogP contribution in [0, 0.1) is 29.0 Å². The number of piperidine rings is 1. The third kappa shape index (κ3) is 5.56. The Kier molecular flexibility index (Phi) is 7.24. The average molecular weight is 512 g/mol. The summed E-state index contributed by atoms with van der Waals surface area (Å²) in [5.41, 5.74) is -0.806. The summed E-state index contributed by atoms with van der Waals surface area (Å²) in [5.74, 6) is -1.24. The molecule has 0 radical (unpaired) electrons. The van der Waals surface area contributed by atoms with Crippen LogP contribution in [0.1, 0.15) is 79.7 Å². The van der Waals surface area contributed by atoms with Crippen molar-refractivity contribution in [1.82, 2.24) is 4.90 Å². The maximum absolute atomic E-state index is 15.1. The summed E-state index contributed by atoms with van der Waals surface area (Å²) in [7, 11) is -0.682. The van der Waals surface area contributed by atoms with Crippen molar-refractivity contribution in [2.24, 2.45) is 11.8 Å². The first kappa shape index (κ1) is 27.6. The van der Waals surface area contributed by atoms with Crippen molar-refractivity contribution in [2.75, 3.05) is 0 Å². The Morgan fingerprint density at radius 1 is 1.22 bits per heavy atom. The van der Waals surface area contributed by atoms with Gasteiger partial charge in [-0.15, -0.1) is 0 Å². The Bertz CT molecular complexity index is 1090. The zero-order valence-corrected chi connectivity index (χ0v) is 23.0. The van der Waals surface area contributed by atoms with E-state index in [1.165, 1.54) is 6.07 Å². The number of benzene rings is 1. The van der Waals surface area contributed by atoms with E-state index < -0.39 is 47.8 Å². The maximum Gasteiger partial charge on any atom is 0.494 e. The molecule has 1 amide bonds. The van der Waals surface area contributed by atoms with Crippen molar-refractivity contribution in [3.63, 3.8) is 0 Å². The van der Waals surface area contributed by atoms with Gasteiger partial charge in [0.1, 0.15) is 11.4 Å². The van der Waals surface area contributed by atoms with E-state index in [4.69, 9.17) is 14.0 Å². The van der Waals surface area contributed by atoms with Gasteiger partial charge in [-0.05, 0) is 97.2 Å². The predicted molar refractivity (Wildman–Crippen MR) is 138 cm³/mol. The third-order valence-corrected chi connectivity index (χ3v) is 8.22. The van der Waals surface area contributed by atoms with Crippen LogP contribution in [-0.2, 0) is 25.3 Å². The van der Waals surface area contributed by atoms with Gasteiger partial charge in [-0.3, -0.25) is 9.69 Å². The molecule has 7 nitrogen and oxygen atoms in total. The van der Waals surface area contributed by atoms with Crippen LogP contribution in [0.5, 0.6) is 0 Å². The summed E-state index contributed by atoms with van der Waals surface area (Å²) in [6.45, 7) is 13.1. The Hall–Kier alpha value is -2.44. The number of nitrogens with zero attached hydrogens (tertiary/aromatic N) is 2. The number of likely N-dealkylation sites (tertiary alicyclic amines) is 1. The monoisotopic (exact) mass is 512 g/mol. The second-order valence-corrected chi connectivity index (χ2v) is 12.7. The van der Waals surface area contributed by atoms with Gasteiger partial charge < -0.3 is 14.0 Å². The molecule has 1 aliphatic carbocycles. The minimum Gasteiger partial charge on any atom is -0.444 e. The summed E-state index contributed by atoms with van der Waals surface area (Å²) in [4.78, 5) is 27.9. The molecule has 3 aliphatic rings. The molecule has 1 saturated carbocycles. The van der Waals surface area contributed by atoms with Gasteiger partial charge in [0.2, 0.25) is 0 Å². The molecule has 1 aromatic rings. The Labute approximate surface area is 219 Å². The highest BCUT2D eigenvalue weighted by Gasteiger charge is 2.53. The topological polar surface area (TPSA) is 88.9 Å². The predicted octanol–water partition coefficient (Wildman–Crippen LogP) is 4.55. The van der Waals surface area contributed by atoms with Gasteiger partial charge in [-0.2, -0.15) is 5.26 Å². The molecule has 2 saturated heterocycles. The van der Waals surface area contributed by atoms with Crippen molar-refractivity contribution in [3.05, 3.63) is 29.6 Å². The first-order valence-corrected chi connectivity index (χ1v) is 13.2. The van der Waals surface area contributed by atoms with Crippen LogP contribution >= 0.6 is 0 Å². The highest BCUT2D eigenvalue weighted by Crippen LogP contribution is 2.44. The molecule has 0 N–H and O–H groups in total. The van der Waals surface area contributed by atoms with E-state index in [0.29, 0.717) is 11.0 Å². The molecule has 37 heavy (non-hydrogen) atoms. The maximum atomic E-state index is 15.1. The van der Waals surface area contributed by atoms with Crippen molar-refractivity contribution >= 4 is 24.5 Å². The van der Waals surface area contributed by atoms with Gasteiger partial charge >= 0.3 is 13.2 Å². The standard InChI is InChI=1S/C28H38BFN2O5/c1-26(2,3)35-25(34)32-21-11-9-19(14-21)24(32)23(33)13-17(16-31)12-18-8-10-20(15-22(18)30)29-36-27(4,5)28(6,7)37-29/h8,10,15,17,19,21,24H,9,11-14H2,1-7H3/t17?,19-,21+,24?/m0/s1. The van der Waals surface area contributed by atoms with E-state index in [1.807, 2.05) is 27.7 Å². The van der Waals surface area contributed by atoms with E-state index >= 15 is 4.39 Å². The lowest BCUT2D eigenvalue weighted by atomic mass is 9.78. The number of halogens is 1. The number of Topliss-reactive ketones (excluding diaryl/α,β-unsaturated/α-hetero) is 1. The fourth-order valence-electron chi connectivity index (χ4n) is 5.63. The number of fused-ring (bicyclic) bond motifs is 2. The van der Waals surface area contributed by atoms with Crippen molar-refractivity contribution in [1.29, 1.82) is 5.26 Å². The smallest absolute Gasteiger partial charge is 0.444 e. The fraction of sp³-hybridized carbons (Fsp3) is 0.679. The molecule has 4 atom stereocenters. The number of amides is 1. The van der Waals surface area contributed by atoms with E-state index in [0.717, 1.165) is 19.3 Å². The normalized spacial score (nSPS) is 26.7. The first-order valence-electron chi connectivity index (χ1n) is 13.2. The molecular weight excluding hydrogens is 474 g/mol. The largest absolute Gasteiger partial charge is 0.494 e. The van der Waals surface area contributed by atoms with Crippen LogP contribution < -0.4 is 5.46 Å². The Balaban J connectivity index is 1.43. The van der Waals surface area contributed by atoms with Gasteiger partial charge in [0, 0.05) is 12.5 Å². The van der Waals surface area contributed by atoms with Crippen molar-refractivity contribution in [2.45, 2.75) is 109 Å². The molecule has 2 aliphatic heterocycles. The summed E-state index contributed by atoms with van der Waals surface area (Å²) in [6, 6.07) is 6.35. The minimum absolute atomic E-state index is 0.00527. The lowest BCUT2D eigenvalue weighted by Gasteiger charge is -2.35. The summed E-state index contributed by atoms with van der Waals surface area (Å²) in [5, 5.41) is 9.80. The lowest BCUT2D eigenvalue weighted by Crippen LogP contribution is -2.51. The van der Waals surface area contributed by atoms with E-state index in [-0.39, 0.29) is 30.6 Å². The fourth-order valence-corrected chi connectivity index (χ4v) is 5.63. The number of hydrogen-bond acceptors (Lipinski definition) is 6. The van der Waals surface area contributed by atoms with E-state index in [1.54, 1.807) is 37.8 Å². The zero-order valence-electron chi connectivity index (χ0n) is 23.0. The Morgan fingerprint density at radius 2 is 1.86 bits per heavy atom. The molecule has 4 rings (SSSR count). The van der Waals surface area contributed by atoms with Crippen LogP contribution in [0.15, 0.2) is 18.2 Å². The van der Waals surface area contributed by atoms with Gasteiger partial charge in [0.15, 0.2) is 5.78 Å². The molecule has 2 bridgehead atoms. The minimum atomic E-state index is -0.704. The zero-order chi connectivity index (χ0) is 27.3. The highest BCUT2D eigenvalue weighted by molar-refractivity contribution is 6.62. The molecule has 0 spiro atoms. The SMILES string of the molecule is CC(C)(C)OC(=O)N1C(C(=O)CC(C#N)Cc2ccc(B3OC(C)(C)C(C)(C)O3)cc2F)[C@H]2CC[C@@H]1C2. The van der Waals surface area contributed by atoms with Gasteiger partial charge in [-0.1, -0.05) is 12.1 Å². The summed E-state index contributed by atoms with van der Waals surface area (Å²) in [6.07, 6.45) is 2.10. The molecule has 200 valence electrons. The summed E-state index contributed by atoms with van der Waals surface area (Å²) >= 11 is 0. The number of carbonyl (C=O) groups excluding carboxylic acids is 2. The third-order valence-electron chi connectivity index (χ3n) is 8.22. The highest BCUT2D eigenvalue weighted by atomic mass is 19.1. The number of rotatable bonds is 6. The molecule has 9 heteroatoms. The van der Waals surface area contributed by atoms with Crippen LogP contribution in [0.2, 0.25) is 0 Å². The van der Waals surface area contributed by atoms with Gasteiger partial charge in [0.05, 0.1) is 29.2 Å². The average Bonchev–Trinajstić information content (AvgIpc) is 3.44. The van der Waals surface area contributed by atoms with Crippen molar-refractivity contribution in [3.8, 4) is 6.07 Å². The molecular formula is C28H38BFN2O5. The number of hydrogen-bond donors (Lipinski definition) is 0. The number of nitriles is 1. The number of ketones is 1. The molecule has 1 aromatic carbocycles. The van der Waals surface area contributed by atoms with Crippen molar-refractivity contribution < 1.29 is 28.0 Å². The Morgan fingerprint density at radius 3 is 2.43 bits per heavy atom. The van der Waals surface area contributed by atoms with E-state index in [2.05, 4.69) is 6.07 Å². The second-order valence-electron chi connectivity index (χ2n) is 12.7. The van der Waals surface area contributed by atoms with Crippen LogP contribution in [0.3, 0.4) is 0 Å². The number of carbonyl (C=O) groups is 2. The van der Waals surface area contributed by atoms with Crippen LogP contribution in [-0.4, -0.2) is 52.8 Å². The first-order chi connectivity index (χ1) is 17.1. The van der Waals surface area contributed by atoms with Crippen LogP contribution in [0.25, 0.3) is 0 Å². The second kappa shape index (κ2) is 9.70. The molecule has 3 fully saturated rings. The van der Waals surface area contributed by atoms with Gasteiger partial charge in [0.25, 0.3) is 0 Å². The number of ether oxygens (including phenoxy) is 1. The molecule has 0 aromatic heterocycles. The molecule has 2 heterocycles.